The minimum absolute atomic E-state index is 0.0875. The number of benzene rings is 3. The maximum atomic E-state index is 13.4. The standard InChI is InChI=1S/C27H27ClN2O5S/c1-35-25-14-12-21(18-23(25)27(32)30-15-7-2-3-8-16-30)36(33,34)29-24-13-11-20(28)17-22(24)26(31)19-9-5-4-6-10-19/h4-6,9-14,17-18,29H,2-3,7-8,15-16H2,1H3. The molecule has 0 saturated carbocycles. The summed E-state index contributed by atoms with van der Waals surface area (Å²) in [4.78, 5) is 28.0. The lowest BCUT2D eigenvalue weighted by Crippen LogP contribution is -2.32. The molecule has 0 aliphatic carbocycles. The molecule has 1 amide bonds. The molecule has 1 saturated heterocycles. The van der Waals surface area contributed by atoms with E-state index in [1.54, 1.807) is 35.2 Å². The van der Waals surface area contributed by atoms with Crippen molar-refractivity contribution in [3.63, 3.8) is 0 Å². The number of ether oxygens (including phenoxy) is 1. The van der Waals surface area contributed by atoms with Gasteiger partial charge in [-0.25, -0.2) is 8.42 Å². The number of methoxy groups -OCH3 is 1. The van der Waals surface area contributed by atoms with E-state index in [4.69, 9.17) is 16.3 Å². The number of anilines is 1. The molecule has 0 radical (unpaired) electrons. The van der Waals surface area contributed by atoms with Crippen LogP contribution in [0.25, 0.3) is 0 Å². The maximum Gasteiger partial charge on any atom is 0.261 e. The monoisotopic (exact) mass is 526 g/mol. The zero-order valence-electron chi connectivity index (χ0n) is 19.9. The summed E-state index contributed by atoms with van der Waals surface area (Å²) in [5.41, 5.74) is 0.782. The number of nitrogens with zero attached hydrogens (tertiary/aromatic N) is 1. The molecule has 1 N–H and O–H groups in total. The van der Waals surface area contributed by atoms with Crippen molar-refractivity contribution >= 4 is 39.0 Å². The molecule has 3 aromatic carbocycles. The first-order valence-electron chi connectivity index (χ1n) is 11.7. The van der Waals surface area contributed by atoms with Gasteiger partial charge in [0.25, 0.3) is 15.9 Å². The van der Waals surface area contributed by atoms with Crippen LogP contribution in [0.4, 0.5) is 5.69 Å². The minimum Gasteiger partial charge on any atom is -0.496 e. The first-order chi connectivity index (χ1) is 17.3. The topological polar surface area (TPSA) is 92.8 Å². The van der Waals surface area contributed by atoms with Gasteiger partial charge in [0.15, 0.2) is 5.78 Å². The number of likely N-dealkylation sites (tertiary alicyclic amines) is 1. The van der Waals surface area contributed by atoms with E-state index >= 15 is 0 Å². The summed E-state index contributed by atoms with van der Waals surface area (Å²) in [5, 5.41) is 0.298. The lowest BCUT2D eigenvalue weighted by molar-refractivity contribution is 0.0757. The van der Waals surface area contributed by atoms with Gasteiger partial charge in [-0.1, -0.05) is 54.8 Å². The fourth-order valence-electron chi connectivity index (χ4n) is 4.21. The van der Waals surface area contributed by atoms with Crippen LogP contribution in [0.2, 0.25) is 5.02 Å². The summed E-state index contributed by atoms with van der Waals surface area (Å²) in [7, 11) is -2.71. The van der Waals surface area contributed by atoms with Crippen molar-refractivity contribution in [1.82, 2.24) is 4.90 Å². The lowest BCUT2D eigenvalue weighted by atomic mass is 10.0. The number of sulfonamides is 1. The van der Waals surface area contributed by atoms with Gasteiger partial charge in [0.2, 0.25) is 0 Å². The average Bonchev–Trinajstić information content (AvgIpc) is 3.18. The van der Waals surface area contributed by atoms with Gasteiger partial charge in [0, 0.05) is 29.2 Å². The van der Waals surface area contributed by atoms with Crippen molar-refractivity contribution in [3.05, 3.63) is 88.4 Å². The normalized spacial score (nSPS) is 14.1. The average molecular weight is 527 g/mol. The summed E-state index contributed by atoms with van der Waals surface area (Å²) in [6.45, 7) is 1.24. The third-order valence-corrected chi connectivity index (χ3v) is 7.71. The van der Waals surface area contributed by atoms with E-state index in [1.807, 2.05) is 0 Å². The lowest BCUT2D eigenvalue weighted by Gasteiger charge is -2.22. The van der Waals surface area contributed by atoms with Crippen molar-refractivity contribution in [3.8, 4) is 5.75 Å². The molecule has 1 heterocycles. The number of carbonyl (C=O) groups is 2. The molecule has 36 heavy (non-hydrogen) atoms. The van der Waals surface area contributed by atoms with Crippen LogP contribution < -0.4 is 9.46 Å². The number of hydrogen-bond donors (Lipinski definition) is 1. The maximum absolute atomic E-state index is 13.4. The molecule has 3 aromatic rings. The fourth-order valence-corrected chi connectivity index (χ4v) is 5.49. The highest BCUT2D eigenvalue weighted by molar-refractivity contribution is 7.92. The van der Waals surface area contributed by atoms with Crippen LogP contribution >= 0.6 is 11.6 Å². The second-order valence-corrected chi connectivity index (χ2v) is 10.7. The number of rotatable bonds is 7. The number of halogens is 1. The zero-order valence-corrected chi connectivity index (χ0v) is 21.4. The molecular formula is C27H27ClN2O5S. The molecule has 1 aliphatic heterocycles. The predicted molar refractivity (Wildman–Crippen MR) is 140 cm³/mol. The highest BCUT2D eigenvalue weighted by Gasteiger charge is 2.25. The molecule has 0 spiro atoms. The van der Waals surface area contributed by atoms with Gasteiger partial charge < -0.3 is 9.64 Å². The van der Waals surface area contributed by atoms with Crippen molar-refractivity contribution in [2.45, 2.75) is 30.6 Å². The van der Waals surface area contributed by atoms with Crippen LogP contribution in [0, 0.1) is 0 Å². The van der Waals surface area contributed by atoms with Gasteiger partial charge in [-0.2, -0.15) is 0 Å². The molecule has 0 bridgehead atoms. The Morgan fingerprint density at radius 1 is 0.889 bits per heavy atom. The highest BCUT2D eigenvalue weighted by atomic mass is 35.5. The Morgan fingerprint density at radius 2 is 1.58 bits per heavy atom. The first kappa shape index (κ1) is 25.7. The number of nitrogens with one attached hydrogen (secondary N) is 1. The van der Waals surface area contributed by atoms with Crippen LogP contribution in [-0.4, -0.2) is 45.2 Å². The Labute approximate surface area is 216 Å². The molecule has 0 aromatic heterocycles. The van der Waals surface area contributed by atoms with E-state index in [9.17, 15) is 18.0 Å². The van der Waals surface area contributed by atoms with Gasteiger partial charge in [-0.05, 0) is 49.2 Å². The number of amides is 1. The van der Waals surface area contributed by atoms with E-state index < -0.39 is 10.0 Å². The molecular weight excluding hydrogens is 500 g/mol. The smallest absolute Gasteiger partial charge is 0.261 e. The van der Waals surface area contributed by atoms with Crippen molar-refractivity contribution in [1.29, 1.82) is 0 Å². The molecule has 4 rings (SSSR count). The summed E-state index contributed by atoms with van der Waals surface area (Å²) in [5.74, 6) is -0.338. The minimum atomic E-state index is -4.15. The van der Waals surface area contributed by atoms with E-state index in [2.05, 4.69) is 4.72 Å². The van der Waals surface area contributed by atoms with E-state index in [-0.39, 0.29) is 33.4 Å². The van der Waals surface area contributed by atoms with Gasteiger partial charge in [0.1, 0.15) is 5.75 Å². The molecule has 9 heteroatoms. The van der Waals surface area contributed by atoms with Crippen molar-refractivity contribution in [2.24, 2.45) is 0 Å². The Kier molecular flexibility index (Phi) is 7.96. The van der Waals surface area contributed by atoms with Crippen LogP contribution in [0.3, 0.4) is 0 Å². The molecule has 0 atom stereocenters. The van der Waals surface area contributed by atoms with Gasteiger partial charge in [-0.3, -0.25) is 14.3 Å². The molecule has 1 aliphatic rings. The third-order valence-electron chi connectivity index (χ3n) is 6.11. The Hall–Kier alpha value is -3.36. The van der Waals surface area contributed by atoms with E-state index in [0.29, 0.717) is 29.4 Å². The van der Waals surface area contributed by atoms with Crippen molar-refractivity contribution in [2.75, 3.05) is 24.9 Å². The summed E-state index contributed by atoms with van der Waals surface area (Å²) in [6.07, 6.45) is 3.93. The highest BCUT2D eigenvalue weighted by Crippen LogP contribution is 2.29. The molecule has 1 fully saturated rings. The molecule has 188 valence electrons. The second-order valence-electron chi connectivity index (χ2n) is 8.56. The zero-order chi connectivity index (χ0) is 25.7. The van der Waals surface area contributed by atoms with Gasteiger partial charge in [0.05, 0.1) is 23.3 Å². The van der Waals surface area contributed by atoms with E-state index in [1.165, 1.54) is 43.5 Å². The largest absolute Gasteiger partial charge is 0.496 e. The summed E-state index contributed by atoms with van der Waals surface area (Å²) in [6, 6.07) is 17.1. The number of ketones is 1. The Bertz CT molecular complexity index is 1370. The summed E-state index contributed by atoms with van der Waals surface area (Å²) >= 11 is 6.13. The van der Waals surface area contributed by atoms with Crippen LogP contribution in [-0.2, 0) is 10.0 Å². The molecule has 0 unspecified atom stereocenters. The SMILES string of the molecule is COc1ccc(S(=O)(=O)Nc2ccc(Cl)cc2C(=O)c2ccccc2)cc1C(=O)N1CCCCCC1. The summed E-state index contributed by atoms with van der Waals surface area (Å²) < 4.78 is 34.6. The van der Waals surface area contributed by atoms with Crippen LogP contribution in [0.15, 0.2) is 71.6 Å². The first-order valence-corrected chi connectivity index (χ1v) is 13.6. The van der Waals surface area contributed by atoms with Crippen molar-refractivity contribution < 1.29 is 22.7 Å². The van der Waals surface area contributed by atoms with E-state index in [0.717, 1.165) is 25.7 Å². The Morgan fingerprint density at radius 3 is 2.25 bits per heavy atom. The fraction of sp³-hybridized carbons (Fsp3) is 0.259. The second kappa shape index (κ2) is 11.1. The Balaban J connectivity index is 1.68. The van der Waals surface area contributed by atoms with Crippen LogP contribution in [0.1, 0.15) is 52.0 Å². The number of hydrogen-bond acceptors (Lipinski definition) is 5. The molecule has 7 nitrogen and oxygen atoms in total. The third kappa shape index (κ3) is 5.71. The van der Waals surface area contributed by atoms with Gasteiger partial charge in [-0.15, -0.1) is 0 Å². The quantitative estimate of drug-likeness (QED) is 0.416. The number of carbonyl (C=O) groups excluding carboxylic acids is 2. The van der Waals surface area contributed by atoms with Crippen LogP contribution in [0.5, 0.6) is 5.75 Å². The van der Waals surface area contributed by atoms with Gasteiger partial charge >= 0.3 is 0 Å². The predicted octanol–water partition coefficient (Wildman–Crippen LogP) is 5.40.